The normalized spacial score (nSPS) is 14.5. The number of nitrogens with one attached hydrogen (secondary N) is 1. The number of thioether (sulfide) groups is 1. The van der Waals surface area contributed by atoms with Crippen LogP contribution in [0.2, 0.25) is 0 Å². The fourth-order valence-corrected chi connectivity index (χ4v) is 4.34. The fourth-order valence-electron chi connectivity index (χ4n) is 3.56. The number of anilines is 1. The maximum absolute atomic E-state index is 13.5. The largest absolute Gasteiger partial charge is 0.325 e. The van der Waals surface area contributed by atoms with Crippen LogP contribution >= 0.6 is 11.8 Å². The van der Waals surface area contributed by atoms with E-state index in [0.29, 0.717) is 23.2 Å². The third-order valence-corrected chi connectivity index (χ3v) is 6.06. The van der Waals surface area contributed by atoms with Crippen LogP contribution in [0.5, 0.6) is 0 Å². The highest BCUT2D eigenvalue weighted by Gasteiger charge is 2.19. The monoisotopic (exact) mass is 461 g/mol. The molecule has 0 radical (unpaired) electrons. The Morgan fingerprint density at radius 2 is 1.72 bits per heavy atom. The molecule has 2 aromatic carbocycles. The first kappa shape index (κ1) is 22.3. The lowest BCUT2D eigenvalue weighted by Gasteiger charge is -2.26. The molecule has 2 heterocycles. The topological polar surface area (TPSA) is 63.1 Å². The Balaban J connectivity index is 1.50. The first-order valence-electron chi connectivity index (χ1n) is 10.3. The smallest absolute Gasteiger partial charge is 0.234 e. The molecule has 1 saturated heterocycles. The molecule has 0 unspecified atom stereocenters. The van der Waals surface area contributed by atoms with E-state index in [2.05, 4.69) is 20.4 Å². The standard InChI is InChI=1S/C22H22F3N5OS/c23-15-4-7-17(8-5-15)30-20(13-29-10-2-1-3-11-29)27-28-22(30)32-14-21(31)26-16-6-9-18(24)19(25)12-16/h4-9,12H,1-3,10-11,13-14H2,(H,26,31). The van der Waals surface area contributed by atoms with Gasteiger partial charge in [0.1, 0.15) is 5.82 Å². The summed E-state index contributed by atoms with van der Waals surface area (Å²) >= 11 is 1.16. The minimum atomic E-state index is -1.03. The van der Waals surface area contributed by atoms with Crippen LogP contribution in [0.4, 0.5) is 18.9 Å². The van der Waals surface area contributed by atoms with Gasteiger partial charge in [-0.05, 0) is 62.3 Å². The van der Waals surface area contributed by atoms with Crippen LogP contribution in [0.1, 0.15) is 25.1 Å². The summed E-state index contributed by atoms with van der Waals surface area (Å²) in [6.45, 7) is 2.57. The summed E-state index contributed by atoms with van der Waals surface area (Å²) in [5, 5.41) is 11.6. The zero-order chi connectivity index (χ0) is 22.5. The summed E-state index contributed by atoms with van der Waals surface area (Å²) in [5.41, 5.74) is 0.868. The van der Waals surface area contributed by atoms with Crippen molar-refractivity contribution in [2.45, 2.75) is 31.0 Å². The summed E-state index contributed by atoms with van der Waals surface area (Å²) in [6, 6.07) is 9.19. The molecule has 6 nitrogen and oxygen atoms in total. The summed E-state index contributed by atoms with van der Waals surface area (Å²) < 4.78 is 41.7. The summed E-state index contributed by atoms with van der Waals surface area (Å²) in [7, 11) is 0. The summed E-state index contributed by atoms with van der Waals surface area (Å²) in [5.74, 6) is -2.06. The number of hydrogen-bond acceptors (Lipinski definition) is 5. The van der Waals surface area contributed by atoms with Crippen LogP contribution in [-0.2, 0) is 11.3 Å². The lowest BCUT2D eigenvalue weighted by atomic mass is 10.1. The van der Waals surface area contributed by atoms with Crippen molar-refractivity contribution in [1.29, 1.82) is 0 Å². The van der Waals surface area contributed by atoms with E-state index in [1.54, 1.807) is 12.1 Å². The number of carbonyl (C=O) groups is 1. The van der Waals surface area contributed by atoms with Crippen LogP contribution in [0.25, 0.3) is 5.69 Å². The van der Waals surface area contributed by atoms with Gasteiger partial charge in [0.15, 0.2) is 22.6 Å². The van der Waals surface area contributed by atoms with Gasteiger partial charge in [-0.3, -0.25) is 14.3 Å². The Morgan fingerprint density at radius 1 is 0.969 bits per heavy atom. The van der Waals surface area contributed by atoms with Gasteiger partial charge in [-0.2, -0.15) is 0 Å². The van der Waals surface area contributed by atoms with E-state index < -0.39 is 17.5 Å². The molecule has 32 heavy (non-hydrogen) atoms. The minimum Gasteiger partial charge on any atom is -0.325 e. The summed E-state index contributed by atoms with van der Waals surface area (Å²) in [4.78, 5) is 14.6. The maximum Gasteiger partial charge on any atom is 0.234 e. The lowest BCUT2D eigenvalue weighted by Crippen LogP contribution is -2.30. The van der Waals surface area contributed by atoms with E-state index in [9.17, 15) is 18.0 Å². The van der Waals surface area contributed by atoms with Crippen LogP contribution < -0.4 is 5.32 Å². The number of hydrogen-bond donors (Lipinski definition) is 1. The van der Waals surface area contributed by atoms with Gasteiger partial charge in [0.25, 0.3) is 0 Å². The quantitative estimate of drug-likeness (QED) is 0.529. The van der Waals surface area contributed by atoms with Gasteiger partial charge in [-0.15, -0.1) is 10.2 Å². The first-order chi connectivity index (χ1) is 15.5. The van der Waals surface area contributed by atoms with Gasteiger partial charge in [0.05, 0.1) is 12.3 Å². The van der Waals surface area contributed by atoms with E-state index in [-0.39, 0.29) is 17.3 Å². The minimum absolute atomic E-state index is 0.0119. The number of amides is 1. The highest BCUT2D eigenvalue weighted by atomic mass is 32.2. The molecule has 0 bridgehead atoms. The number of carbonyl (C=O) groups excluding carboxylic acids is 1. The SMILES string of the molecule is O=C(CSc1nnc(CN2CCCCC2)n1-c1ccc(F)cc1)Nc1ccc(F)c(F)c1. The van der Waals surface area contributed by atoms with Crippen LogP contribution in [-0.4, -0.2) is 44.4 Å². The number of rotatable bonds is 7. The molecule has 1 N–H and O–H groups in total. The first-order valence-corrected chi connectivity index (χ1v) is 11.3. The molecule has 0 saturated carbocycles. The second-order valence-corrected chi connectivity index (χ2v) is 8.46. The molecule has 1 amide bonds. The molecule has 4 rings (SSSR count). The average Bonchev–Trinajstić information content (AvgIpc) is 3.18. The van der Waals surface area contributed by atoms with Crippen molar-refractivity contribution in [3.63, 3.8) is 0 Å². The van der Waals surface area contributed by atoms with Gasteiger partial charge in [0.2, 0.25) is 5.91 Å². The predicted octanol–water partition coefficient (Wildman–Crippen LogP) is 4.40. The zero-order valence-electron chi connectivity index (χ0n) is 17.2. The van der Waals surface area contributed by atoms with Crippen molar-refractivity contribution in [2.75, 3.05) is 24.2 Å². The second kappa shape index (κ2) is 10.2. The predicted molar refractivity (Wildman–Crippen MR) is 116 cm³/mol. The van der Waals surface area contributed by atoms with Gasteiger partial charge < -0.3 is 5.32 Å². The second-order valence-electron chi connectivity index (χ2n) is 7.51. The van der Waals surface area contributed by atoms with E-state index >= 15 is 0 Å². The zero-order valence-corrected chi connectivity index (χ0v) is 18.0. The molecule has 3 aromatic rings. The van der Waals surface area contributed by atoms with E-state index in [1.165, 1.54) is 24.6 Å². The van der Waals surface area contributed by atoms with Crippen LogP contribution in [0.3, 0.4) is 0 Å². The number of likely N-dealkylation sites (tertiary alicyclic amines) is 1. The number of benzene rings is 2. The Bertz CT molecular complexity index is 1080. The number of halogens is 3. The van der Waals surface area contributed by atoms with Crippen molar-refractivity contribution in [3.8, 4) is 5.69 Å². The van der Waals surface area contributed by atoms with Crippen molar-refractivity contribution in [1.82, 2.24) is 19.7 Å². The Morgan fingerprint density at radius 3 is 2.44 bits per heavy atom. The third-order valence-electron chi connectivity index (χ3n) is 5.13. The molecule has 0 spiro atoms. The molecule has 168 valence electrons. The van der Waals surface area contributed by atoms with Crippen molar-refractivity contribution >= 4 is 23.4 Å². The van der Waals surface area contributed by atoms with Gasteiger partial charge in [0, 0.05) is 17.4 Å². The Labute approximate surface area is 187 Å². The average molecular weight is 462 g/mol. The van der Waals surface area contributed by atoms with Crippen molar-refractivity contribution < 1.29 is 18.0 Å². The molecule has 0 atom stereocenters. The Hall–Kier alpha value is -2.85. The third kappa shape index (κ3) is 5.49. The molecule has 0 aliphatic carbocycles. The summed E-state index contributed by atoms with van der Waals surface area (Å²) in [6.07, 6.45) is 3.49. The molecule has 1 aliphatic heterocycles. The van der Waals surface area contributed by atoms with Crippen LogP contribution in [0, 0.1) is 17.5 Å². The Kier molecular flexibility index (Phi) is 7.11. The van der Waals surface area contributed by atoms with Gasteiger partial charge in [-0.1, -0.05) is 18.2 Å². The number of nitrogens with zero attached hydrogens (tertiary/aromatic N) is 4. The molecule has 1 aromatic heterocycles. The van der Waals surface area contributed by atoms with E-state index in [0.717, 1.165) is 49.8 Å². The molecular formula is C22H22F3N5OS. The van der Waals surface area contributed by atoms with Crippen molar-refractivity contribution in [2.24, 2.45) is 0 Å². The van der Waals surface area contributed by atoms with Gasteiger partial charge >= 0.3 is 0 Å². The van der Waals surface area contributed by atoms with E-state index in [4.69, 9.17) is 0 Å². The number of piperidine rings is 1. The fraction of sp³-hybridized carbons (Fsp3) is 0.318. The molecule has 10 heteroatoms. The van der Waals surface area contributed by atoms with Crippen molar-refractivity contribution in [3.05, 3.63) is 65.7 Å². The molecular weight excluding hydrogens is 439 g/mol. The maximum atomic E-state index is 13.5. The number of aromatic nitrogens is 3. The van der Waals surface area contributed by atoms with Crippen LogP contribution in [0.15, 0.2) is 47.6 Å². The highest BCUT2D eigenvalue weighted by molar-refractivity contribution is 7.99. The lowest BCUT2D eigenvalue weighted by molar-refractivity contribution is -0.113. The van der Waals surface area contributed by atoms with E-state index in [1.807, 2.05) is 4.57 Å². The molecule has 1 fully saturated rings. The molecule has 1 aliphatic rings. The highest BCUT2D eigenvalue weighted by Crippen LogP contribution is 2.24. The van der Waals surface area contributed by atoms with Gasteiger partial charge in [-0.25, -0.2) is 13.2 Å².